The molecule has 144 valence electrons. The van der Waals surface area contributed by atoms with Crippen molar-refractivity contribution in [3.63, 3.8) is 0 Å². The first-order valence-corrected chi connectivity index (χ1v) is 9.37. The first-order valence-electron chi connectivity index (χ1n) is 8.99. The van der Waals surface area contributed by atoms with Crippen LogP contribution in [-0.4, -0.2) is 40.1 Å². The van der Waals surface area contributed by atoms with E-state index >= 15 is 0 Å². The molecule has 3 rings (SSSR count). The molecule has 2 heterocycles. The molecule has 1 aromatic carbocycles. The Morgan fingerprint density at radius 1 is 1.26 bits per heavy atom. The molecule has 27 heavy (non-hydrogen) atoms. The molecule has 6 nitrogen and oxygen atoms in total. The van der Waals surface area contributed by atoms with E-state index in [1.807, 2.05) is 12.1 Å². The van der Waals surface area contributed by atoms with Crippen LogP contribution in [0, 0.1) is 5.92 Å². The third kappa shape index (κ3) is 4.17. The summed E-state index contributed by atoms with van der Waals surface area (Å²) in [6.45, 7) is 2.75. The number of aliphatic hydroxyl groups is 1. The summed E-state index contributed by atoms with van der Waals surface area (Å²) in [5, 5.41) is 20.4. The zero-order chi connectivity index (χ0) is 19.6. The lowest BCUT2D eigenvalue weighted by molar-refractivity contribution is 0.0441. The van der Waals surface area contributed by atoms with Gasteiger partial charge in [-0.3, -0.25) is 4.79 Å². The van der Waals surface area contributed by atoms with E-state index in [4.69, 9.17) is 16.0 Å². The van der Waals surface area contributed by atoms with Gasteiger partial charge in [-0.1, -0.05) is 30.7 Å². The second-order valence-corrected chi connectivity index (χ2v) is 7.17. The lowest BCUT2D eigenvalue weighted by Gasteiger charge is -2.34. The van der Waals surface area contributed by atoms with Crippen LogP contribution in [0.5, 0.6) is 0 Å². The lowest BCUT2D eigenvalue weighted by atomic mass is 9.87. The predicted octanol–water partition coefficient (Wildman–Crippen LogP) is 3.78. The monoisotopic (exact) mass is 391 g/mol. The first-order chi connectivity index (χ1) is 12.9. The molecule has 0 bridgehead atoms. The zero-order valence-corrected chi connectivity index (χ0v) is 15.8. The summed E-state index contributed by atoms with van der Waals surface area (Å²) in [6, 6.07) is 8.43. The Labute approximate surface area is 162 Å². The summed E-state index contributed by atoms with van der Waals surface area (Å²) in [6.07, 6.45) is 1.11. The fourth-order valence-corrected chi connectivity index (χ4v) is 3.61. The largest absolute Gasteiger partial charge is 0.478 e. The maximum absolute atomic E-state index is 12.6. The van der Waals surface area contributed by atoms with Crippen molar-refractivity contribution in [3.05, 3.63) is 58.0 Å². The molecule has 2 aromatic rings. The Hall–Kier alpha value is -2.31. The number of aliphatic hydroxyl groups excluding tert-OH is 1. The Bertz CT molecular complexity index is 821. The normalized spacial score (nSPS) is 16.3. The molecule has 0 aliphatic carbocycles. The van der Waals surface area contributed by atoms with Gasteiger partial charge in [-0.05, 0) is 36.5 Å². The molecular formula is C20H22ClNO5. The van der Waals surface area contributed by atoms with Crippen molar-refractivity contribution in [3.8, 4) is 0 Å². The van der Waals surface area contributed by atoms with E-state index in [0.717, 1.165) is 5.56 Å². The molecule has 0 spiro atoms. The van der Waals surface area contributed by atoms with Crippen molar-refractivity contribution in [2.45, 2.75) is 32.3 Å². The standard InChI is InChI=1S/C20H22ClNO5/c1-2-16-15(20(25)26)11-17(27-16)19(24)22-9-7-13(8-10-22)18(23)12-3-5-14(21)6-4-12/h3-6,11,13,18,23H,2,7-10H2,1H3,(H,25,26). The van der Waals surface area contributed by atoms with Gasteiger partial charge in [0, 0.05) is 30.6 Å². The highest BCUT2D eigenvalue weighted by Crippen LogP contribution is 2.32. The van der Waals surface area contributed by atoms with Gasteiger partial charge in [-0.15, -0.1) is 0 Å². The second-order valence-electron chi connectivity index (χ2n) is 6.73. The Morgan fingerprint density at radius 2 is 1.89 bits per heavy atom. The first kappa shape index (κ1) is 19.5. The van der Waals surface area contributed by atoms with Crippen molar-refractivity contribution in [2.24, 2.45) is 5.92 Å². The number of benzene rings is 1. The van der Waals surface area contributed by atoms with Gasteiger partial charge >= 0.3 is 5.97 Å². The molecule has 1 aromatic heterocycles. The van der Waals surface area contributed by atoms with Crippen molar-refractivity contribution in [1.82, 2.24) is 4.90 Å². The highest BCUT2D eigenvalue weighted by molar-refractivity contribution is 6.30. The molecule has 1 atom stereocenters. The van der Waals surface area contributed by atoms with E-state index in [-0.39, 0.29) is 23.1 Å². The third-order valence-corrected chi connectivity index (χ3v) is 5.31. The summed E-state index contributed by atoms with van der Waals surface area (Å²) in [5.41, 5.74) is 0.850. The van der Waals surface area contributed by atoms with E-state index in [1.165, 1.54) is 6.07 Å². The maximum atomic E-state index is 12.6. The molecule has 1 aliphatic heterocycles. The number of amides is 1. The van der Waals surface area contributed by atoms with Crippen LogP contribution in [0.3, 0.4) is 0 Å². The van der Waals surface area contributed by atoms with Gasteiger partial charge in [-0.2, -0.15) is 0 Å². The maximum Gasteiger partial charge on any atom is 0.339 e. The Balaban J connectivity index is 1.64. The van der Waals surface area contributed by atoms with Gasteiger partial charge in [0.2, 0.25) is 0 Å². The number of furan rings is 1. The highest BCUT2D eigenvalue weighted by Gasteiger charge is 2.30. The van der Waals surface area contributed by atoms with Crippen LogP contribution in [0.2, 0.25) is 5.02 Å². The molecule has 0 radical (unpaired) electrons. The van der Waals surface area contributed by atoms with Crippen molar-refractivity contribution >= 4 is 23.5 Å². The second kappa shape index (κ2) is 8.15. The molecular weight excluding hydrogens is 370 g/mol. The van der Waals surface area contributed by atoms with Crippen LogP contribution < -0.4 is 0 Å². The Kier molecular flexibility index (Phi) is 5.87. The number of halogens is 1. The van der Waals surface area contributed by atoms with E-state index in [0.29, 0.717) is 43.1 Å². The molecule has 7 heteroatoms. The number of hydrogen-bond acceptors (Lipinski definition) is 4. The number of aromatic carboxylic acids is 1. The number of piperidine rings is 1. The SMILES string of the molecule is CCc1oc(C(=O)N2CCC(C(O)c3ccc(Cl)cc3)CC2)cc1C(=O)O. The summed E-state index contributed by atoms with van der Waals surface area (Å²) >= 11 is 5.89. The zero-order valence-electron chi connectivity index (χ0n) is 15.0. The lowest BCUT2D eigenvalue weighted by Crippen LogP contribution is -2.39. The number of carbonyl (C=O) groups excluding carboxylic acids is 1. The third-order valence-electron chi connectivity index (χ3n) is 5.06. The van der Waals surface area contributed by atoms with Crippen LogP contribution in [0.15, 0.2) is 34.7 Å². The van der Waals surface area contributed by atoms with Gasteiger partial charge in [0.15, 0.2) is 5.76 Å². The van der Waals surface area contributed by atoms with E-state index in [9.17, 15) is 19.8 Å². The molecule has 1 aliphatic rings. The smallest absolute Gasteiger partial charge is 0.339 e. The van der Waals surface area contributed by atoms with Crippen LogP contribution in [0.25, 0.3) is 0 Å². The number of likely N-dealkylation sites (tertiary alicyclic amines) is 1. The van der Waals surface area contributed by atoms with Gasteiger partial charge in [0.25, 0.3) is 5.91 Å². The van der Waals surface area contributed by atoms with E-state index in [2.05, 4.69) is 0 Å². The average Bonchev–Trinajstić information content (AvgIpc) is 3.12. The number of hydrogen-bond donors (Lipinski definition) is 2. The number of carboxylic acid groups (broad SMARTS) is 1. The number of nitrogens with zero attached hydrogens (tertiary/aromatic N) is 1. The molecule has 0 saturated carbocycles. The summed E-state index contributed by atoms with van der Waals surface area (Å²) < 4.78 is 5.46. The quantitative estimate of drug-likeness (QED) is 0.809. The fourth-order valence-electron chi connectivity index (χ4n) is 3.48. The summed E-state index contributed by atoms with van der Waals surface area (Å²) in [4.78, 5) is 25.5. The Morgan fingerprint density at radius 3 is 2.41 bits per heavy atom. The topological polar surface area (TPSA) is 91.0 Å². The summed E-state index contributed by atoms with van der Waals surface area (Å²) in [5.74, 6) is -0.997. The molecule has 1 fully saturated rings. The number of rotatable bonds is 5. The minimum atomic E-state index is -1.10. The van der Waals surface area contributed by atoms with Gasteiger partial charge in [0.05, 0.1) is 6.10 Å². The van der Waals surface area contributed by atoms with Crippen LogP contribution in [0.4, 0.5) is 0 Å². The van der Waals surface area contributed by atoms with Crippen LogP contribution in [-0.2, 0) is 6.42 Å². The molecule has 1 amide bonds. The number of carboxylic acids is 1. The fraction of sp³-hybridized carbons (Fsp3) is 0.400. The number of carbonyl (C=O) groups is 2. The van der Waals surface area contributed by atoms with Crippen molar-refractivity contribution in [1.29, 1.82) is 0 Å². The van der Waals surface area contributed by atoms with Crippen molar-refractivity contribution < 1.29 is 24.2 Å². The highest BCUT2D eigenvalue weighted by atomic mass is 35.5. The van der Waals surface area contributed by atoms with Gasteiger partial charge in [-0.25, -0.2) is 4.79 Å². The minimum Gasteiger partial charge on any atom is -0.478 e. The average molecular weight is 392 g/mol. The van der Waals surface area contributed by atoms with Crippen LogP contribution in [0.1, 0.15) is 58.1 Å². The van der Waals surface area contributed by atoms with E-state index < -0.39 is 12.1 Å². The minimum absolute atomic E-state index is 0.0360. The summed E-state index contributed by atoms with van der Waals surface area (Å²) in [7, 11) is 0. The van der Waals surface area contributed by atoms with Crippen molar-refractivity contribution in [2.75, 3.05) is 13.1 Å². The molecule has 1 unspecified atom stereocenters. The van der Waals surface area contributed by atoms with Gasteiger partial charge in [0.1, 0.15) is 11.3 Å². The molecule has 1 saturated heterocycles. The van der Waals surface area contributed by atoms with E-state index in [1.54, 1.807) is 24.0 Å². The number of aryl methyl sites for hydroxylation is 1. The predicted molar refractivity (Wildman–Crippen MR) is 100 cm³/mol. The van der Waals surface area contributed by atoms with Crippen LogP contribution >= 0.6 is 11.6 Å². The molecule has 2 N–H and O–H groups in total. The van der Waals surface area contributed by atoms with Gasteiger partial charge < -0.3 is 19.5 Å².